The molecule has 3 rings (SSSR count). The maximum absolute atomic E-state index is 12.9. The molecule has 0 aromatic heterocycles. The van der Waals surface area contributed by atoms with Crippen LogP contribution in [0.15, 0.2) is 35.5 Å². The SMILES string of the molecule is C=C(CCCN1CCOCC1)C(=O)N1N=CCC1c1cc(C)cc(P)c1. The summed E-state index contributed by atoms with van der Waals surface area (Å²) in [5, 5.41) is 7.07. The van der Waals surface area contributed by atoms with E-state index in [1.54, 1.807) is 5.01 Å². The number of aryl methyl sites for hydroxylation is 1. The minimum absolute atomic E-state index is 0.0299. The molecule has 2 heterocycles. The van der Waals surface area contributed by atoms with Crippen molar-refractivity contribution >= 4 is 26.7 Å². The zero-order valence-corrected chi connectivity index (χ0v) is 16.6. The van der Waals surface area contributed by atoms with Crippen LogP contribution in [0.4, 0.5) is 0 Å². The van der Waals surface area contributed by atoms with Crippen LogP contribution in [0.2, 0.25) is 0 Å². The van der Waals surface area contributed by atoms with Crippen molar-refractivity contribution in [3.8, 4) is 0 Å². The molecule has 0 aliphatic carbocycles. The van der Waals surface area contributed by atoms with Crippen molar-refractivity contribution < 1.29 is 9.53 Å². The van der Waals surface area contributed by atoms with Gasteiger partial charge in [-0.3, -0.25) is 9.69 Å². The monoisotopic (exact) mass is 373 g/mol. The summed E-state index contributed by atoms with van der Waals surface area (Å²) in [6.07, 6.45) is 4.22. The Morgan fingerprint density at radius 2 is 2.12 bits per heavy atom. The van der Waals surface area contributed by atoms with Gasteiger partial charge in [-0.2, -0.15) is 5.10 Å². The van der Waals surface area contributed by atoms with Crippen LogP contribution in [0.25, 0.3) is 0 Å². The Labute approximate surface area is 158 Å². The summed E-state index contributed by atoms with van der Waals surface area (Å²) in [6, 6.07) is 6.32. The fourth-order valence-electron chi connectivity index (χ4n) is 3.53. The van der Waals surface area contributed by atoms with Crippen molar-refractivity contribution in [3.05, 3.63) is 41.5 Å². The lowest BCUT2D eigenvalue weighted by atomic mass is 10.0. The van der Waals surface area contributed by atoms with Crippen LogP contribution in [0, 0.1) is 6.92 Å². The van der Waals surface area contributed by atoms with E-state index in [4.69, 9.17) is 4.74 Å². The molecule has 0 bridgehead atoms. The highest BCUT2D eigenvalue weighted by molar-refractivity contribution is 7.27. The van der Waals surface area contributed by atoms with E-state index in [1.165, 1.54) is 5.56 Å². The number of amides is 1. The molecule has 0 saturated carbocycles. The zero-order chi connectivity index (χ0) is 18.5. The maximum atomic E-state index is 12.9. The van der Waals surface area contributed by atoms with Crippen molar-refractivity contribution in [2.24, 2.45) is 5.10 Å². The summed E-state index contributed by atoms with van der Waals surface area (Å²) < 4.78 is 5.37. The van der Waals surface area contributed by atoms with Crippen LogP contribution in [-0.4, -0.2) is 54.9 Å². The Morgan fingerprint density at radius 1 is 1.35 bits per heavy atom. The van der Waals surface area contributed by atoms with Crippen LogP contribution in [0.5, 0.6) is 0 Å². The Kier molecular flexibility index (Phi) is 6.58. The van der Waals surface area contributed by atoms with E-state index in [0.29, 0.717) is 12.0 Å². The van der Waals surface area contributed by atoms with Gasteiger partial charge in [-0.1, -0.05) is 24.3 Å². The molecular formula is C20H28N3O2P. The van der Waals surface area contributed by atoms with Crippen LogP contribution in [0.3, 0.4) is 0 Å². The van der Waals surface area contributed by atoms with Gasteiger partial charge in [0.15, 0.2) is 0 Å². The molecule has 1 amide bonds. The highest BCUT2D eigenvalue weighted by Crippen LogP contribution is 2.30. The van der Waals surface area contributed by atoms with Crippen molar-refractivity contribution in [2.45, 2.75) is 32.2 Å². The van der Waals surface area contributed by atoms with Gasteiger partial charge in [0.25, 0.3) is 5.91 Å². The van der Waals surface area contributed by atoms with Crippen molar-refractivity contribution in [2.75, 3.05) is 32.8 Å². The topological polar surface area (TPSA) is 45.1 Å². The van der Waals surface area contributed by atoms with E-state index in [-0.39, 0.29) is 11.9 Å². The average Bonchev–Trinajstić information content (AvgIpc) is 3.11. The molecule has 140 valence electrons. The Morgan fingerprint density at radius 3 is 2.85 bits per heavy atom. The number of nitrogens with zero attached hydrogens (tertiary/aromatic N) is 3. The average molecular weight is 373 g/mol. The lowest BCUT2D eigenvalue weighted by Gasteiger charge is -2.27. The highest BCUT2D eigenvalue weighted by Gasteiger charge is 2.29. The number of hydrazone groups is 1. The summed E-state index contributed by atoms with van der Waals surface area (Å²) in [5.74, 6) is -0.0578. The van der Waals surface area contributed by atoms with E-state index in [2.05, 4.69) is 50.9 Å². The third-order valence-electron chi connectivity index (χ3n) is 4.90. The Balaban J connectivity index is 1.56. The number of carbonyl (C=O) groups is 1. The first-order valence-electron chi connectivity index (χ1n) is 9.25. The molecule has 2 unspecified atom stereocenters. The first-order valence-corrected chi connectivity index (χ1v) is 9.83. The van der Waals surface area contributed by atoms with Gasteiger partial charge >= 0.3 is 0 Å². The smallest absolute Gasteiger partial charge is 0.269 e. The molecule has 1 saturated heterocycles. The third kappa shape index (κ3) is 4.79. The van der Waals surface area contributed by atoms with Crippen molar-refractivity contribution in [3.63, 3.8) is 0 Å². The van der Waals surface area contributed by atoms with Crippen molar-refractivity contribution in [1.29, 1.82) is 0 Å². The summed E-state index contributed by atoms with van der Waals surface area (Å²) in [6.45, 7) is 10.6. The predicted molar refractivity (Wildman–Crippen MR) is 109 cm³/mol. The van der Waals surface area contributed by atoms with E-state index < -0.39 is 0 Å². The Hall–Kier alpha value is -1.55. The fraction of sp³-hybridized carbons (Fsp3) is 0.500. The van der Waals surface area contributed by atoms with Gasteiger partial charge in [0.2, 0.25) is 0 Å². The quantitative estimate of drug-likeness (QED) is 0.568. The predicted octanol–water partition coefficient (Wildman–Crippen LogP) is 2.42. The summed E-state index contributed by atoms with van der Waals surface area (Å²) >= 11 is 0. The zero-order valence-electron chi connectivity index (χ0n) is 15.5. The van der Waals surface area contributed by atoms with Crippen LogP contribution >= 0.6 is 9.24 Å². The molecule has 1 fully saturated rings. The van der Waals surface area contributed by atoms with Crippen LogP contribution in [-0.2, 0) is 9.53 Å². The van der Waals surface area contributed by atoms with Gasteiger partial charge in [0.05, 0.1) is 19.3 Å². The minimum atomic E-state index is -0.0578. The second-order valence-corrected chi connectivity index (χ2v) is 7.70. The standard InChI is InChI=1S/C20H28N3O2P/c1-15-12-17(14-18(26)13-15)19-5-6-21-23(19)20(24)16(2)4-3-7-22-8-10-25-11-9-22/h6,12-14,19H,2-5,7-11,26H2,1H3. The van der Waals surface area contributed by atoms with Crippen LogP contribution < -0.4 is 5.30 Å². The van der Waals surface area contributed by atoms with E-state index >= 15 is 0 Å². The maximum Gasteiger partial charge on any atom is 0.269 e. The largest absolute Gasteiger partial charge is 0.379 e. The lowest BCUT2D eigenvalue weighted by Crippen LogP contribution is -2.37. The number of rotatable bonds is 6. The number of morpholine rings is 1. The molecule has 0 spiro atoms. The minimum Gasteiger partial charge on any atom is -0.379 e. The molecular weight excluding hydrogens is 345 g/mol. The Bertz CT molecular complexity index is 678. The van der Waals surface area contributed by atoms with Gasteiger partial charge in [0, 0.05) is 31.3 Å². The summed E-state index contributed by atoms with van der Waals surface area (Å²) in [4.78, 5) is 15.2. The molecule has 26 heavy (non-hydrogen) atoms. The van der Waals surface area contributed by atoms with Gasteiger partial charge < -0.3 is 4.74 Å². The van der Waals surface area contributed by atoms with Crippen molar-refractivity contribution in [1.82, 2.24) is 9.91 Å². The number of hydrogen-bond acceptors (Lipinski definition) is 4. The molecule has 6 heteroatoms. The molecule has 2 aliphatic heterocycles. The number of carbonyl (C=O) groups excluding carboxylic acids is 1. The highest BCUT2D eigenvalue weighted by atomic mass is 31.0. The van der Waals surface area contributed by atoms with Gasteiger partial charge in [-0.15, -0.1) is 9.24 Å². The van der Waals surface area contributed by atoms with E-state index in [0.717, 1.165) is 56.6 Å². The molecule has 0 N–H and O–H groups in total. The third-order valence-corrected chi connectivity index (χ3v) is 5.24. The summed E-state index contributed by atoms with van der Waals surface area (Å²) in [7, 11) is 2.73. The van der Waals surface area contributed by atoms with Gasteiger partial charge in [-0.05, 0) is 43.2 Å². The summed E-state index contributed by atoms with van der Waals surface area (Å²) in [5.41, 5.74) is 2.96. The molecule has 5 nitrogen and oxygen atoms in total. The fourth-order valence-corrected chi connectivity index (χ4v) is 3.99. The second kappa shape index (κ2) is 8.90. The van der Waals surface area contributed by atoms with Crippen LogP contribution in [0.1, 0.15) is 36.4 Å². The first-order chi connectivity index (χ1) is 12.5. The number of benzene rings is 1. The van der Waals surface area contributed by atoms with Gasteiger partial charge in [0.1, 0.15) is 0 Å². The first kappa shape index (κ1) is 19.2. The van der Waals surface area contributed by atoms with E-state index in [1.807, 2.05) is 6.21 Å². The lowest BCUT2D eigenvalue weighted by molar-refractivity contribution is -0.129. The molecule has 1 aromatic carbocycles. The molecule has 2 aliphatic rings. The molecule has 1 aromatic rings. The normalized spacial score (nSPS) is 20.5. The van der Waals surface area contributed by atoms with Gasteiger partial charge in [-0.25, -0.2) is 5.01 Å². The number of hydrogen-bond donors (Lipinski definition) is 0. The second-order valence-electron chi connectivity index (χ2n) is 7.04. The van der Waals surface area contributed by atoms with E-state index in [9.17, 15) is 4.79 Å². The molecule has 2 atom stereocenters. The molecule has 0 radical (unpaired) electrons. The number of ether oxygens (including phenoxy) is 1.